The van der Waals surface area contributed by atoms with E-state index in [0.717, 1.165) is 0 Å². The molecule has 0 aliphatic rings. The molecule has 0 unspecified atom stereocenters. The first-order valence-electron chi connectivity index (χ1n) is 0. The third-order valence-corrected chi connectivity index (χ3v) is 0. The Morgan fingerprint density at radius 3 is 0.750 bits per heavy atom. The van der Waals surface area contributed by atoms with Crippen LogP contribution in [0.5, 0.6) is 0 Å². The first kappa shape index (κ1) is 28.1. The number of hydrogen-bond donors (Lipinski definition) is 0. The van der Waals surface area contributed by atoms with Crippen LogP contribution in [0.3, 0.4) is 0 Å². The Labute approximate surface area is 91.2 Å². The molecule has 0 aromatic heterocycles. The molecule has 0 spiro atoms. The summed E-state index contributed by atoms with van der Waals surface area (Å²) in [7, 11) is 0. The van der Waals surface area contributed by atoms with Crippen LogP contribution in [-0.2, 0) is 0 Å². The second-order valence-corrected chi connectivity index (χ2v) is 0. The van der Waals surface area contributed by atoms with E-state index in [0.29, 0.717) is 0 Å². The van der Waals surface area contributed by atoms with Gasteiger partial charge in [-0.3, -0.25) is 0 Å². The first-order valence-corrected chi connectivity index (χ1v) is 0. The standard InChI is InChI=1S/2Al.Ga.Tb.9H. The number of hydrogen-bond acceptors (Lipinski definition) is 0. The summed E-state index contributed by atoms with van der Waals surface area (Å²) >= 11 is 0. The molecule has 0 aliphatic heterocycles. The monoisotopic (exact) mass is 291 g/mol. The van der Waals surface area contributed by atoms with Gasteiger partial charge in [0.2, 0.25) is 0 Å². The van der Waals surface area contributed by atoms with Crippen molar-refractivity contribution in [3.8, 4) is 0 Å². The minimum atomic E-state index is 0. The van der Waals surface area contributed by atoms with Crippen LogP contribution in [-0.4, -0.2) is 54.5 Å². The quantitative estimate of drug-likeness (QED) is 0.406. The van der Waals surface area contributed by atoms with E-state index in [9.17, 15) is 0 Å². The van der Waals surface area contributed by atoms with Crippen molar-refractivity contribution in [1.29, 1.82) is 0 Å². The second kappa shape index (κ2) is 16.7. The van der Waals surface area contributed by atoms with Gasteiger partial charge in [0.25, 0.3) is 0 Å². The summed E-state index contributed by atoms with van der Waals surface area (Å²) in [6.45, 7) is 0. The van der Waals surface area contributed by atoms with Crippen LogP contribution in [0.15, 0.2) is 0 Å². The van der Waals surface area contributed by atoms with E-state index in [1.165, 1.54) is 0 Å². The summed E-state index contributed by atoms with van der Waals surface area (Å²) in [5.41, 5.74) is 0. The molecule has 0 aromatic carbocycles. The molecule has 1 radical (unpaired) electrons. The summed E-state index contributed by atoms with van der Waals surface area (Å²) in [6.07, 6.45) is 0. The fourth-order valence-corrected chi connectivity index (χ4v) is 0. The Bertz CT molecular complexity index is 6.00. The molecule has 27 valence electrons. The van der Waals surface area contributed by atoms with E-state index in [1.807, 2.05) is 0 Å². The summed E-state index contributed by atoms with van der Waals surface area (Å²) in [4.78, 5) is 0. The first-order chi connectivity index (χ1) is 0. The summed E-state index contributed by atoms with van der Waals surface area (Å²) < 4.78 is 0. The summed E-state index contributed by atoms with van der Waals surface area (Å²) in [5.74, 6) is 0. The van der Waals surface area contributed by atoms with Gasteiger partial charge in [0.05, 0.1) is 0 Å². The molecule has 0 nitrogen and oxygen atoms in total. The minimum absolute atomic E-state index is 0. The van der Waals surface area contributed by atoms with Crippen molar-refractivity contribution in [2.24, 2.45) is 0 Å². The van der Waals surface area contributed by atoms with Gasteiger partial charge in [0.1, 0.15) is 0 Å². The van der Waals surface area contributed by atoms with Gasteiger partial charge in [-0.05, 0) is 0 Å². The summed E-state index contributed by atoms with van der Waals surface area (Å²) in [6, 6.07) is 0. The van der Waals surface area contributed by atoms with Crippen molar-refractivity contribution < 1.29 is 38.6 Å². The average molecular weight is 292 g/mol. The molecule has 0 rings (SSSR count). The van der Waals surface area contributed by atoms with Crippen LogP contribution in [0.25, 0.3) is 0 Å². The van der Waals surface area contributed by atoms with E-state index in [1.54, 1.807) is 0 Å². The van der Waals surface area contributed by atoms with Gasteiger partial charge >= 0.3 is 19.8 Å². The summed E-state index contributed by atoms with van der Waals surface area (Å²) in [5, 5.41) is 0. The van der Waals surface area contributed by atoms with E-state index >= 15 is 0 Å². The average Bonchev–Trinajstić information content (AvgIpc) is 0. The van der Waals surface area contributed by atoms with Crippen molar-refractivity contribution in [3.05, 3.63) is 0 Å². The van der Waals surface area contributed by atoms with Crippen LogP contribution < -0.4 is 0 Å². The molecule has 0 atom stereocenters. The van der Waals surface area contributed by atoms with Gasteiger partial charge < -0.3 is 0 Å². The van der Waals surface area contributed by atoms with Crippen LogP contribution in [0.4, 0.5) is 0 Å². The topological polar surface area (TPSA) is 0 Å². The van der Waals surface area contributed by atoms with E-state index in [4.69, 9.17) is 0 Å². The molecular formula is H9Al2GaTb. The maximum atomic E-state index is 0. The van der Waals surface area contributed by atoms with Gasteiger partial charge in [-0.2, -0.15) is 0 Å². The largest absolute Gasteiger partial charge is 0 e. The zero-order valence-electron chi connectivity index (χ0n) is 0.333. The molecule has 0 saturated carbocycles. The van der Waals surface area contributed by atoms with Crippen LogP contribution in [0.2, 0.25) is 0 Å². The Balaban J connectivity index is 0. The van der Waals surface area contributed by atoms with Gasteiger partial charge in [0, 0.05) is 38.6 Å². The second-order valence-electron chi connectivity index (χ2n) is 0. The van der Waals surface area contributed by atoms with E-state index in [2.05, 4.69) is 0 Å². The molecule has 0 N–H and O–H groups in total. The van der Waals surface area contributed by atoms with Crippen LogP contribution >= 0.6 is 0 Å². The Morgan fingerprint density at radius 1 is 0.750 bits per heavy atom. The smallest absolute Gasteiger partial charge is 0 e. The zero-order chi connectivity index (χ0) is 0. The molecule has 0 amide bonds. The number of rotatable bonds is 0. The SMILES string of the molecule is [AlH3].[AlH3].[GaH3].[Tb]. The maximum Gasteiger partial charge on any atom is 0 e. The van der Waals surface area contributed by atoms with Crippen LogP contribution in [0.1, 0.15) is 0 Å². The molecule has 0 heterocycles. The van der Waals surface area contributed by atoms with E-state index < -0.39 is 0 Å². The minimum Gasteiger partial charge on any atom is 0 e. The molecule has 0 fully saturated rings. The molecule has 0 aromatic rings. The van der Waals surface area contributed by atoms with Crippen molar-refractivity contribution in [2.45, 2.75) is 0 Å². The van der Waals surface area contributed by atoms with E-state index in [-0.39, 0.29) is 93.1 Å². The molecule has 4 heavy (non-hydrogen) atoms. The normalized spacial score (nSPS) is 0. The Morgan fingerprint density at radius 2 is 0.750 bits per heavy atom. The zero-order valence-corrected chi connectivity index (χ0v) is 2.47. The third kappa shape index (κ3) is 8.89. The molecule has 4 heteroatoms. The fourth-order valence-electron chi connectivity index (χ4n) is 0. The van der Waals surface area contributed by atoms with Crippen molar-refractivity contribution in [1.82, 2.24) is 0 Å². The predicted octanol–water partition coefficient (Wildman–Crippen LogP) is -3.55. The molecular weight excluding hydrogens is 283 g/mol. The van der Waals surface area contributed by atoms with Gasteiger partial charge in [-0.25, -0.2) is 0 Å². The van der Waals surface area contributed by atoms with Crippen LogP contribution in [0, 0.1) is 38.6 Å². The third-order valence-electron chi connectivity index (χ3n) is 0. The van der Waals surface area contributed by atoms with Crippen molar-refractivity contribution >= 4 is 54.5 Å². The van der Waals surface area contributed by atoms with Gasteiger partial charge in [-0.15, -0.1) is 0 Å². The van der Waals surface area contributed by atoms with Crippen molar-refractivity contribution in [3.63, 3.8) is 0 Å². The molecule has 0 saturated heterocycles. The fraction of sp³-hybridized carbons (Fsp3) is 0. The molecule has 0 bridgehead atoms. The van der Waals surface area contributed by atoms with Crippen molar-refractivity contribution in [2.75, 3.05) is 0 Å². The predicted molar refractivity (Wildman–Crippen MR) is 29.8 cm³/mol. The Hall–Kier alpha value is 2.99. The molecule has 0 aliphatic carbocycles. The maximum absolute atomic E-state index is 0. The Kier molecular flexibility index (Phi) is 117. The van der Waals surface area contributed by atoms with Gasteiger partial charge in [0.15, 0.2) is 34.7 Å². The van der Waals surface area contributed by atoms with Gasteiger partial charge in [-0.1, -0.05) is 0 Å².